The zero-order valence-electron chi connectivity index (χ0n) is 17.3. The fourth-order valence-electron chi connectivity index (χ4n) is 4.44. The van der Waals surface area contributed by atoms with Gasteiger partial charge in [0, 0.05) is 22.4 Å². The monoisotopic (exact) mass is 411 g/mol. The number of aromatic amines is 2. The van der Waals surface area contributed by atoms with Gasteiger partial charge in [-0.3, -0.25) is 4.79 Å². The van der Waals surface area contributed by atoms with Crippen molar-refractivity contribution in [2.45, 2.75) is 32.6 Å². The van der Waals surface area contributed by atoms with Gasteiger partial charge in [-0.05, 0) is 56.0 Å². The molecule has 0 atom stereocenters. The Labute approximate surface area is 177 Å². The summed E-state index contributed by atoms with van der Waals surface area (Å²) in [6.07, 6.45) is 2.32. The maximum Gasteiger partial charge on any atom is 0.272 e. The number of imidazole rings is 1. The molecule has 0 amide bonds. The molecule has 7 heteroatoms. The fraction of sp³-hybridized carbons (Fsp3) is 0.250. The van der Waals surface area contributed by atoms with Crippen LogP contribution in [0, 0.1) is 0 Å². The highest BCUT2D eigenvalue weighted by Crippen LogP contribution is 2.41. The maximum absolute atomic E-state index is 12.4. The second kappa shape index (κ2) is 6.63. The van der Waals surface area contributed by atoms with Crippen molar-refractivity contribution in [3.8, 4) is 11.3 Å². The summed E-state index contributed by atoms with van der Waals surface area (Å²) in [5.41, 5.74) is 7.32. The minimum Gasteiger partial charge on any atom is -0.391 e. The lowest BCUT2D eigenvalue weighted by Crippen LogP contribution is -2.11. The molecule has 0 spiro atoms. The van der Waals surface area contributed by atoms with Crippen LogP contribution in [0.25, 0.3) is 38.6 Å². The predicted molar refractivity (Wildman–Crippen MR) is 121 cm³/mol. The average molecular weight is 411 g/mol. The summed E-state index contributed by atoms with van der Waals surface area (Å²) in [5.74, 6) is 1.52. The largest absolute Gasteiger partial charge is 0.391 e. The Morgan fingerprint density at radius 2 is 1.90 bits per heavy atom. The number of oxime groups is 1. The van der Waals surface area contributed by atoms with Gasteiger partial charge in [0.2, 0.25) is 0 Å². The first-order chi connectivity index (χ1) is 15.1. The van der Waals surface area contributed by atoms with Gasteiger partial charge in [0.15, 0.2) is 0 Å². The Hall–Kier alpha value is -3.74. The van der Waals surface area contributed by atoms with Gasteiger partial charge < -0.3 is 9.82 Å². The van der Waals surface area contributed by atoms with Crippen LogP contribution in [0.4, 0.5) is 0 Å². The summed E-state index contributed by atoms with van der Waals surface area (Å²) >= 11 is 0. The average Bonchev–Trinajstić information content (AvgIpc) is 3.53. The van der Waals surface area contributed by atoms with Crippen LogP contribution in [-0.2, 0) is 4.84 Å². The van der Waals surface area contributed by atoms with E-state index in [4.69, 9.17) is 9.82 Å². The highest BCUT2D eigenvalue weighted by atomic mass is 16.6. The van der Waals surface area contributed by atoms with E-state index in [0.717, 1.165) is 68.8 Å². The maximum atomic E-state index is 12.4. The number of aromatic nitrogens is 4. The third-order valence-corrected chi connectivity index (χ3v) is 6.08. The summed E-state index contributed by atoms with van der Waals surface area (Å²) in [7, 11) is 0. The molecule has 2 aliphatic rings. The number of H-pyrrole nitrogens is 2. The molecule has 1 aliphatic heterocycles. The number of fused-ring (bicyclic) bond motifs is 2. The summed E-state index contributed by atoms with van der Waals surface area (Å²) in [6, 6.07) is 11.8. The predicted octanol–water partition coefficient (Wildman–Crippen LogP) is 4.52. The Kier molecular flexibility index (Phi) is 3.86. The van der Waals surface area contributed by atoms with Crippen LogP contribution in [0.3, 0.4) is 0 Å². The van der Waals surface area contributed by atoms with Crippen molar-refractivity contribution in [1.82, 2.24) is 20.2 Å². The van der Waals surface area contributed by atoms with Crippen LogP contribution in [0.15, 0.2) is 51.9 Å². The molecule has 1 saturated carbocycles. The number of rotatable bonds is 3. The second-order valence-corrected chi connectivity index (χ2v) is 8.37. The molecule has 2 N–H and O–H groups in total. The summed E-state index contributed by atoms with van der Waals surface area (Å²) in [6.45, 7) is 4.49. The zero-order chi connectivity index (χ0) is 21.1. The van der Waals surface area contributed by atoms with Crippen LogP contribution in [0.1, 0.15) is 44.0 Å². The lowest BCUT2D eigenvalue weighted by molar-refractivity contribution is 0.165. The number of nitrogens with one attached hydrogen (secondary N) is 2. The molecule has 0 radical (unpaired) electrons. The van der Waals surface area contributed by atoms with Crippen LogP contribution >= 0.6 is 0 Å². The van der Waals surface area contributed by atoms with E-state index < -0.39 is 0 Å². The molecule has 7 nitrogen and oxygen atoms in total. The molecule has 0 saturated heterocycles. The number of hydrogen-bond acceptors (Lipinski definition) is 5. The minimum absolute atomic E-state index is 0.196. The van der Waals surface area contributed by atoms with E-state index in [0.29, 0.717) is 17.9 Å². The van der Waals surface area contributed by atoms with E-state index in [-0.39, 0.29) is 5.56 Å². The highest BCUT2D eigenvalue weighted by molar-refractivity contribution is 6.24. The molecule has 0 bridgehead atoms. The van der Waals surface area contributed by atoms with Crippen LogP contribution in [-0.4, -0.2) is 32.5 Å². The highest BCUT2D eigenvalue weighted by Gasteiger charge is 2.28. The fourth-order valence-corrected chi connectivity index (χ4v) is 4.44. The first-order valence-corrected chi connectivity index (χ1v) is 10.5. The van der Waals surface area contributed by atoms with Gasteiger partial charge in [0.05, 0.1) is 22.1 Å². The van der Waals surface area contributed by atoms with E-state index in [1.54, 1.807) is 0 Å². The van der Waals surface area contributed by atoms with E-state index in [1.165, 1.54) is 0 Å². The smallest absolute Gasteiger partial charge is 0.272 e. The van der Waals surface area contributed by atoms with Gasteiger partial charge in [0.25, 0.3) is 5.56 Å². The van der Waals surface area contributed by atoms with E-state index in [2.05, 4.69) is 39.4 Å². The summed E-state index contributed by atoms with van der Waals surface area (Å²) in [5, 5.41) is 12.7. The van der Waals surface area contributed by atoms with Gasteiger partial charge in [-0.25, -0.2) is 10.1 Å². The van der Waals surface area contributed by atoms with Gasteiger partial charge in [-0.2, -0.15) is 5.10 Å². The summed E-state index contributed by atoms with van der Waals surface area (Å²) in [4.78, 5) is 26.1. The third-order valence-electron chi connectivity index (χ3n) is 6.08. The topological polar surface area (TPSA) is 96.0 Å². The Morgan fingerprint density at radius 1 is 1.10 bits per heavy atom. The number of nitrogens with zero attached hydrogens (tertiary/aromatic N) is 3. The van der Waals surface area contributed by atoms with Crippen molar-refractivity contribution >= 4 is 33.1 Å². The molecule has 154 valence electrons. The molecule has 4 aromatic rings. The van der Waals surface area contributed by atoms with Gasteiger partial charge in [0.1, 0.15) is 18.1 Å². The van der Waals surface area contributed by atoms with E-state index in [1.807, 2.05) is 31.2 Å². The van der Waals surface area contributed by atoms with E-state index >= 15 is 0 Å². The Morgan fingerprint density at radius 3 is 2.68 bits per heavy atom. The normalized spacial score (nSPS) is 16.6. The SMILES string of the molecule is CC1=NOCC(C)=C1c1cc(-c2n[nH]c(=O)c3ccccc23)c2nc(C3CC3)[nH]c2c1. The van der Waals surface area contributed by atoms with Crippen molar-refractivity contribution in [3.05, 3.63) is 63.7 Å². The van der Waals surface area contributed by atoms with Gasteiger partial charge in [-0.1, -0.05) is 23.4 Å². The van der Waals surface area contributed by atoms with Crippen LogP contribution in [0.2, 0.25) is 0 Å². The molecule has 31 heavy (non-hydrogen) atoms. The van der Waals surface area contributed by atoms with Crippen LogP contribution < -0.4 is 5.56 Å². The molecule has 1 fully saturated rings. The molecule has 2 aromatic heterocycles. The van der Waals surface area contributed by atoms with Gasteiger partial charge >= 0.3 is 0 Å². The van der Waals surface area contributed by atoms with Gasteiger partial charge in [-0.15, -0.1) is 0 Å². The summed E-state index contributed by atoms with van der Waals surface area (Å²) < 4.78 is 0. The standard InChI is InChI=1S/C24H21N5O2/c1-12-11-31-29-13(2)20(12)15-9-18(22-19(10-15)25-23(26-22)14-7-8-14)21-16-5-3-4-6-17(16)24(30)28-27-21/h3-6,9-10,14H,7-8,11H2,1-2H3,(H,25,26)(H,28,30). The minimum atomic E-state index is -0.196. The second-order valence-electron chi connectivity index (χ2n) is 8.37. The number of hydrogen-bond donors (Lipinski definition) is 2. The van der Waals surface area contributed by atoms with Crippen molar-refractivity contribution in [2.75, 3.05) is 6.61 Å². The number of allylic oxidation sites excluding steroid dienone is 1. The number of benzene rings is 2. The molecular weight excluding hydrogens is 390 g/mol. The first-order valence-electron chi connectivity index (χ1n) is 10.5. The van der Waals surface area contributed by atoms with Crippen molar-refractivity contribution in [2.24, 2.45) is 5.16 Å². The lowest BCUT2D eigenvalue weighted by atomic mass is 9.93. The molecule has 3 heterocycles. The quantitative estimate of drug-likeness (QED) is 0.518. The molecular formula is C24H21N5O2. The molecule has 0 unspecified atom stereocenters. The van der Waals surface area contributed by atoms with Crippen LogP contribution in [0.5, 0.6) is 0 Å². The Balaban J connectivity index is 1.68. The molecule has 6 rings (SSSR count). The van der Waals surface area contributed by atoms with E-state index in [9.17, 15) is 4.79 Å². The molecule has 1 aliphatic carbocycles. The Bertz CT molecular complexity index is 1490. The molecule has 2 aromatic carbocycles. The van der Waals surface area contributed by atoms with Crippen molar-refractivity contribution in [3.63, 3.8) is 0 Å². The van der Waals surface area contributed by atoms with Crippen molar-refractivity contribution < 1.29 is 4.84 Å². The first kappa shape index (κ1) is 18.1. The zero-order valence-corrected chi connectivity index (χ0v) is 17.3. The van der Waals surface area contributed by atoms with Crippen molar-refractivity contribution in [1.29, 1.82) is 0 Å². The lowest BCUT2D eigenvalue weighted by Gasteiger charge is -2.17. The third kappa shape index (κ3) is 2.88.